The second kappa shape index (κ2) is 6.05. The molecule has 1 atom stereocenters. The van der Waals surface area contributed by atoms with Crippen LogP contribution in [-0.4, -0.2) is 27.8 Å². The van der Waals surface area contributed by atoms with E-state index >= 15 is 0 Å². The lowest BCUT2D eigenvalue weighted by atomic mass is 10.2. The smallest absolute Gasteiger partial charge is 0.342 e. The third-order valence-corrected chi connectivity index (χ3v) is 2.62. The van der Waals surface area contributed by atoms with E-state index in [1.807, 2.05) is 38.1 Å². The molecule has 0 saturated heterocycles. The summed E-state index contributed by atoms with van der Waals surface area (Å²) in [6.07, 6.45) is 0. The number of benzene rings is 1. The van der Waals surface area contributed by atoms with Crippen LogP contribution in [0.3, 0.4) is 0 Å². The van der Waals surface area contributed by atoms with E-state index in [9.17, 15) is 9.59 Å². The number of hydrogen-bond acceptors (Lipinski definition) is 5. The summed E-state index contributed by atoms with van der Waals surface area (Å²) < 4.78 is 5.58. The second-order valence-corrected chi connectivity index (χ2v) is 4.52. The van der Waals surface area contributed by atoms with Crippen molar-refractivity contribution in [2.24, 2.45) is 0 Å². The zero-order valence-electron chi connectivity index (χ0n) is 11.3. The van der Waals surface area contributed by atoms with Gasteiger partial charge in [-0.3, -0.25) is 9.78 Å². The van der Waals surface area contributed by atoms with Crippen molar-refractivity contribution in [2.45, 2.75) is 19.9 Å². The van der Waals surface area contributed by atoms with E-state index in [2.05, 4.69) is 20.5 Å². The summed E-state index contributed by atoms with van der Waals surface area (Å²) in [5, 5.41) is 8.67. The largest absolute Gasteiger partial charge is 0.491 e. The van der Waals surface area contributed by atoms with E-state index in [1.54, 1.807) is 0 Å². The quantitative estimate of drug-likeness (QED) is 0.744. The maximum Gasteiger partial charge on any atom is 0.342 e. The van der Waals surface area contributed by atoms with Gasteiger partial charge in [0.25, 0.3) is 5.56 Å². The number of hydrogen-bond donors (Lipinski definition) is 3. The number of aromatic nitrogens is 3. The van der Waals surface area contributed by atoms with E-state index < -0.39 is 11.2 Å². The minimum Gasteiger partial charge on any atom is -0.491 e. The molecule has 20 heavy (non-hydrogen) atoms. The summed E-state index contributed by atoms with van der Waals surface area (Å²) in [5.41, 5.74) is -0.0347. The summed E-state index contributed by atoms with van der Waals surface area (Å²) in [6.45, 7) is 4.21. The van der Waals surface area contributed by atoms with E-state index in [1.165, 1.54) is 0 Å². The van der Waals surface area contributed by atoms with Gasteiger partial charge in [-0.2, -0.15) is 0 Å². The van der Waals surface area contributed by atoms with Gasteiger partial charge in [-0.15, -0.1) is 5.10 Å². The Morgan fingerprint density at radius 1 is 1.30 bits per heavy atom. The van der Waals surface area contributed by atoms with Crippen molar-refractivity contribution in [3.8, 4) is 5.75 Å². The summed E-state index contributed by atoms with van der Waals surface area (Å²) in [5.74, 6) is 0.817. The molecule has 1 aromatic carbocycles. The van der Waals surface area contributed by atoms with E-state index in [0.717, 1.165) is 11.3 Å². The maximum absolute atomic E-state index is 11.4. The lowest BCUT2D eigenvalue weighted by Gasteiger charge is -2.14. The van der Waals surface area contributed by atoms with Crippen LogP contribution in [0.5, 0.6) is 5.75 Å². The highest BCUT2D eigenvalue weighted by Crippen LogP contribution is 2.11. The number of nitrogens with one attached hydrogen (secondary N) is 3. The van der Waals surface area contributed by atoms with Crippen LogP contribution in [0.25, 0.3) is 0 Å². The van der Waals surface area contributed by atoms with Gasteiger partial charge in [0.1, 0.15) is 12.4 Å². The number of anilines is 1. The molecule has 0 amide bonds. The van der Waals surface area contributed by atoms with Gasteiger partial charge < -0.3 is 10.1 Å². The van der Waals surface area contributed by atoms with Crippen molar-refractivity contribution in [3.63, 3.8) is 0 Å². The number of rotatable bonds is 5. The van der Waals surface area contributed by atoms with Gasteiger partial charge >= 0.3 is 5.69 Å². The Balaban J connectivity index is 1.92. The highest BCUT2D eigenvalue weighted by Gasteiger charge is 2.08. The predicted molar refractivity (Wildman–Crippen MR) is 75.2 cm³/mol. The third-order valence-electron chi connectivity index (χ3n) is 2.62. The molecule has 7 nitrogen and oxygen atoms in total. The molecule has 0 aliphatic heterocycles. The van der Waals surface area contributed by atoms with E-state index in [0.29, 0.717) is 6.61 Å². The molecule has 0 saturated carbocycles. The fourth-order valence-electron chi connectivity index (χ4n) is 1.58. The minimum absolute atomic E-state index is 0.0598. The Kier molecular flexibility index (Phi) is 4.19. The minimum atomic E-state index is -0.635. The Morgan fingerprint density at radius 3 is 2.65 bits per heavy atom. The second-order valence-electron chi connectivity index (χ2n) is 4.52. The highest BCUT2D eigenvalue weighted by atomic mass is 16.5. The van der Waals surface area contributed by atoms with Crippen LogP contribution < -0.4 is 21.3 Å². The maximum atomic E-state index is 11.4. The number of H-pyrrole nitrogens is 2. The first-order chi connectivity index (χ1) is 9.54. The SMILES string of the molecule is Cc1ccc(OCC(C)Nc2n[nH]c(=O)[nH]c2=O)cc1. The molecule has 0 bridgehead atoms. The Labute approximate surface area is 115 Å². The number of aryl methyl sites for hydroxylation is 1. The van der Waals surface area contributed by atoms with Crippen molar-refractivity contribution in [3.05, 3.63) is 50.7 Å². The molecule has 2 aromatic rings. The van der Waals surface area contributed by atoms with Crippen LogP contribution in [-0.2, 0) is 0 Å². The summed E-state index contributed by atoms with van der Waals surface area (Å²) in [4.78, 5) is 24.4. The zero-order chi connectivity index (χ0) is 14.5. The van der Waals surface area contributed by atoms with E-state index in [-0.39, 0.29) is 11.9 Å². The van der Waals surface area contributed by atoms with Gasteiger partial charge in [0.2, 0.25) is 5.82 Å². The average molecular weight is 276 g/mol. The lowest BCUT2D eigenvalue weighted by molar-refractivity contribution is 0.303. The molecule has 0 spiro atoms. The first kappa shape index (κ1) is 13.9. The topological polar surface area (TPSA) is 99.9 Å². The van der Waals surface area contributed by atoms with Crippen molar-refractivity contribution in [1.82, 2.24) is 15.2 Å². The van der Waals surface area contributed by atoms with Crippen molar-refractivity contribution in [2.75, 3.05) is 11.9 Å². The normalized spacial score (nSPS) is 11.9. The monoisotopic (exact) mass is 276 g/mol. The molecular weight excluding hydrogens is 260 g/mol. The Hall–Kier alpha value is -2.57. The molecule has 1 heterocycles. The number of ether oxygens (including phenoxy) is 1. The van der Waals surface area contributed by atoms with Crippen LogP contribution in [0.15, 0.2) is 33.9 Å². The summed E-state index contributed by atoms with van der Waals surface area (Å²) >= 11 is 0. The average Bonchev–Trinajstić information content (AvgIpc) is 2.41. The molecule has 7 heteroatoms. The Bertz CT molecular complexity index is 675. The zero-order valence-corrected chi connectivity index (χ0v) is 11.3. The van der Waals surface area contributed by atoms with Crippen LogP contribution in [0, 0.1) is 6.92 Å². The predicted octanol–water partition coefficient (Wildman–Crippen LogP) is 0.646. The lowest BCUT2D eigenvalue weighted by Crippen LogP contribution is -2.32. The molecule has 2 rings (SSSR count). The first-order valence-electron chi connectivity index (χ1n) is 6.19. The summed E-state index contributed by atoms with van der Waals surface area (Å²) in [6, 6.07) is 7.54. The highest BCUT2D eigenvalue weighted by molar-refractivity contribution is 5.30. The number of aromatic amines is 2. The Morgan fingerprint density at radius 2 is 2.00 bits per heavy atom. The van der Waals surface area contributed by atoms with Gasteiger partial charge in [-0.05, 0) is 26.0 Å². The van der Waals surface area contributed by atoms with Crippen molar-refractivity contribution >= 4 is 5.82 Å². The van der Waals surface area contributed by atoms with Crippen LogP contribution in [0.2, 0.25) is 0 Å². The molecular formula is C13H16N4O3. The van der Waals surface area contributed by atoms with E-state index in [4.69, 9.17) is 4.74 Å². The fourth-order valence-corrected chi connectivity index (χ4v) is 1.58. The van der Waals surface area contributed by atoms with Crippen LogP contribution in [0.1, 0.15) is 12.5 Å². The van der Waals surface area contributed by atoms with Gasteiger partial charge in [0.05, 0.1) is 6.04 Å². The van der Waals surface area contributed by atoms with Gasteiger partial charge in [-0.1, -0.05) is 17.7 Å². The molecule has 1 unspecified atom stereocenters. The third kappa shape index (κ3) is 3.71. The van der Waals surface area contributed by atoms with Gasteiger partial charge in [-0.25, -0.2) is 9.89 Å². The molecule has 1 aromatic heterocycles. The van der Waals surface area contributed by atoms with Crippen LogP contribution in [0.4, 0.5) is 5.82 Å². The van der Waals surface area contributed by atoms with Gasteiger partial charge in [0.15, 0.2) is 0 Å². The van der Waals surface area contributed by atoms with Gasteiger partial charge in [0, 0.05) is 0 Å². The first-order valence-corrected chi connectivity index (χ1v) is 6.19. The molecule has 0 fully saturated rings. The van der Waals surface area contributed by atoms with Crippen molar-refractivity contribution in [1.29, 1.82) is 0 Å². The fraction of sp³-hybridized carbons (Fsp3) is 0.308. The number of nitrogens with zero attached hydrogens (tertiary/aromatic N) is 1. The standard InChI is InChI=1S/C13H16N4O3/c1-8-3-5-10(6-4-8)20-7-9(2)14-11-12(18)15-13(19)17-16-11/h3-6,9H,7H2,1-2H3,(H,14,16)(H2,15,17,18,19). The molecule has 3 N–H and O–H groups in total. The van der Waals surface area contributed by atoms with Crippen molar-refractivity contribution < 1.29 is 4.74 Å². The molecule has 106 valence electrons. The molecule has 0 aliphatic rings. The summed E-state index contributed by atoms with van der Waals surface area (Å²) in [7, 11) is 0. The molecule has 0 aliphatic carbocycles. The van der Waals surface area contributed by atoms with Crippen LogP contribution >= 0.6 is 0 Å². The molecule has 0 radical (unpaired) electrons.